The molecule has 1 atom stereocenters. The van der Waals surface area contributed by atoms with E-state index in [0.29, 0.717) is 0 Å². The third kappa shape index (κ3) is 1.91. The van der Waals surface area contributed by atoms with Crippen molar-refractivity contribution in [3.05, 3.63) is 107 Å². The van der Waals surface area contributed by atoms with Crippen molar-refractivity contribution in [1.82, 2.24) is 4.40 Å². The van der Waals surface area contributed by atoms with Crippen LogP contribution in [0.4, 0.5) is 5.82 Å². The third-order valence-corrected chi connectivity index (χ3v) is 7.62. The van der Waals surface area contributed by atoms with E-state index in [-0.39, 0.29) is 6.04 Å². The molecule has 0 radical (unpaired) electrons. The molecule has 7 aromatic rings. The molecule has 34 heavy (non-hydrogen) atoms. The molecule has 2 aliphatic rings. The highest BCUT2D eigenvalue weighted by Crippen LogP contribution is 2.49. The summed E-state index contributed by atoms with van der Waals surface area (Å²) in [4.78, 5) is 0. The molecule has 0 bridgehead atoms. The van der Waals surface area contributed by atoms with Crippen molar-refractivity contribution in [2.75, 3.05) is 0 Å². The molecule has 1 unspecified atom stereocenters. The maximum Gasteiger partial charge on any atom is 0.136 e. The predicted molar refractivity (Wildman–Crippen MR) is 141 cm³/mol. The number of allylic oxidation sites excluding steroid dienone is 2. The topological polar surface area (TPSA) is 31.7 Å². The Balaban J connectivity index is 1.48. The highest BCUT2D eigenvalue weighted by Gasteiger charge is 2.21. The lowest BCUT2D eigenvalue weighted by Gasteiger charge is -2.31. The maximum atomic E-state index is 6.38. The molecule has 0 spiro atoms. The van der Waals surface area contributed by atoms with Gasteiger partial charge in [0.1, 0.15) is 11.2 Å². The minimum Gasteiger partial charge on any atom is -0.456 e. The van der Waals surface area contributed by atoms with Gasteiger partial charge in [-0.2, -0.15) is 0 Å². The summed E-state index contributed by atoms with van der Waals surface area (Å²) in [6, 6.07) is 24.0. The van der Waals surface area contributed by atoms with Crippen LogP contribution in [0.1, 0.15) is 5.56 Å². The number of benzene rings is 4. The van der Waals surface area contributed by atoms with Gasteiger partial charge in [-0.1, -0.05) is 78.9 Å². The van der Waals surface area contributed by atoms with Gasteiger partial charge >= 0.3 is 0 Å². The smallest absolute Gasteiger partial charge is 0.136 e. The monoisotopic (exact) mass is 433 g/mol. The molecule has 4 aromatic carbocycles. The van der Waals surface area contributed by atoms with E-state index in [0.717, 1.165) is 22.4 Å². The molecule has 9 rings (SSSR count). The Labute approximate surface area is 194 Å². The van der Waals surface area contributed by atoms with Crippen molar-refractivity contribution in [3.8, 4) is 0 Å². The quantitative estimate of drug-likeness (QED) is 0.235. The van der Waals surface area contributed by atoms with Crippen molar-refractivity contribution < 1.29 is 4.42 Å². The largest absolute Gasteiger partial charge is 0.456 e. The van der Waals surface area contributed by atoms with E-state index in [9.17, 15) is 0 Å². The van der Waals surface area contributed by atoms with E-state index >= 15 is 0 Å². The van der Waals surface area contributed by atoms with E-state index in [4.69, 9.17) is 9.73 Å². The second-order valence-corrected chi connectivity index (χ2v) is 9.36. The van der Waals surface area contributed by atoms with Crippen LogP contribution >= 0.6 is 0 Å². The number of furan rings is 1. The molecule has 1 aliphatic carbocycles. The minimum absolute atomic E-state index is 0.0768. The van der Waals surface area contributed by atoms with E-state index in [2.05, 4.69) is 102 Å². The van der Waals surface area contributed by atoms with Crippen LogP contribution in [0.25, 0.3) is 71.3 Å². The fourth-order valence-electron chi connectivity index (χ4n) is 6.15. The van der Waals surface area contributed by atoms with Gasteiger partial charge in [0.15, 0.2) is 0 Å². The number of rotatable bonds is 0. The van der Waals surface area contributed by atoms with Crippen LogP contribution in [0.3, 0.4) is 0 Å². The Kier molecular flexibility index (Phi) is 2.86. The maximum absolute atomic E-state index is 6.38. The fourth-order valence-corrected chi connectivity index (χ4v) is 6.15. The first-order valence-electron chi connectivity index (χ1n) is 11.7. The second-order valence-electron chi connectivity index (χ2n) is 9.36. The number of hydrogen-bond donors (Lipinski definition) is 0. The number of nitrogens with zero attached hydrogens (tertiary/aromatic N) is 2. The Bertz CT molecular complexity index is 2100. The summed E-state index contributed by atoms with van der Waals surface area (Å²) in [5.74, 6) is 1.05. The molecule has 3 nitrogen and oxygen atoms in total. The number of aromatic nitrogens is 1. The summed E-state index contributed by atoms with van der Waals surface area (Å²) < 4.78 is 8.75. The van der Waals surface area contributed by atoms with Gasteiger partial charge in [-0.3, -0.25) is 0 Å². The summed E-state index contributed by atoms with van der Waals surface area (Å²) in [6.07, 6.45) is 10.9. The Morgan fingerprint density at radius 2 is 1.68 bits per heavy atom. The molecule has 0 amide bonds. The molecular formula is C31H17N2O-. The fraction of sp³-hybridized carbons (Fsp3) is 0.0323. The van der Waals surface area contributed by atoms with Crippen LogP contribution in [0.15, 0.2) is 101 Å². The van der Waals surface area contributed by atoms with E-state index in [1.165, 1.54) is 54.5 Å². The van der Waals surface area contributed by atoms with Crippen molar-refractivity contribution in [3.63, 3.8) is 0 Å². The summed E-state index contributed by atoms with van der Waals surface area (Å²) in [5, 5.41) is 13.7. The van der Waals surface area contributed by atoms with Gasteiger partial charge in [-0.25, -0.2) is 0 Å². The lowest BCUT2D eigenvalue weighted by Crippen LogP contribution is -2.10. The highest BCUT2D eigenvalue weighted by atomic mass is 16.3. The first-order valence-corrected chi connectivity index (χ1v) is 11.7. The van der Waals surface area contributed by atoms with Crippen molar-refractivity contribution in [2.45, 2.75) is 6.04 Å². The Hall–Kier alpha value is -4.50. The molecule has 1 aliphatic heterocycles. The van der Waals surface area contributed by atoms with E-state index < -0.39 is 0 Å². The molecule has 3 aromatic heterocycles. The van der Waals surface area contributed by atoms with Crippen LogP contribution in [0.2, 0.25) is 0 Å². The first kappa shape index (κ1) is 17.0. The van der Waals surface area contributed by atoms with E-state index in [1.807, 2.05) is 0 Å². The zero-order chi connectivity index (χ0) is 22.0. The van der Waals surface area contributed by atoms with Gasteiger partial charge in [0.25, 0.3) is 0 Å². The second kappa shape index (κ2) is 5.70. The third-order valence-electron chi connectivity index (χ3n) is 7.62. The molecular weight excluding hydrogens is 416 g/mol. The first-order chi connectivity index (χ1) is 16.8. The lowest BCUT2D eigenvalue weighted by molar-refractivity contribution is 0.670. The minimum atomic E-state index is 0.0768. The molecule has 3 heteroatoms. The van der Waals surface area contributed by atoms with Gasteiger partial charge in [-0.05, 0) is 73.1 Å². The van der Waals surface area contributed by atoms with Crippen LogP contribution in [0, 0.1) is 0 Å². The standard InChI is InChI=1S/C31H17N2O/c1-3-8-19-17(6-1)12-13-27-29(19)24-15-26-22(16-28(24)34-27)20-9-5-10-21-23-14-18-7-2-4-11-25(18)32-31(23)33(26)30(20)21/h1-16,25H/q-1. The zero-order valence-corrected chi connectivity index (χ0v) is 18.1. The van der Waals surface area contributed by atoms with Crippen LogP contribution in [0.5, 0.6) is 0 Å². The van der Waals surface area contributed by atoms with Crippen molar-refractivity contribution >= 4 is 71.8 Å². The van der Waals surface area contributed by atoms with Crippen molar-refractivity contribution in [2.24, 2.45) is 0 Å². The molecule has 0 saturated carbocycles. The Morgan fingerprint density at radius 1 is 0.765 bits per heavy atom. The summed E-state index contributed by atoms with van der Waals surface area (Å²) in [6.45, 7) is 0. The average molecular weight is 433 g/mol. The van der Waals surface area contributed by atoms with Crippen LogP contribution in [-0.4, -0.2) is 10.4 Å². The van der Waals surface area contributed by atoms with Gasteiger partial charge < -0.3 is 14.1 Å². The molecule has 0 N–H and O–H groups in total. The summed E-state index contributed by atoms with van der Waals surface area (Å²) >= 11 is 0. The van der Waals surface area contributed by atoms with E-state index in [1.54, 1.807) is 0 Å². The Morgan fingerprint density at radius 3 is 2.68 bits per heavy atom. The highest BCUT2D eigenvalue weighted by molar-refractivity contribution is 6.25. The van der Waals surface area contributed by atoms with Gasteiger partial charge in [0.05, 0.1) is 0 Å². The molecule has 158 valence electrons. The van der Waals surface area contributed by atoms with Gasteiger partial charge in [0.2, 0.25) is 0 Å². The van der Waals surface area contributed by atoms with Crippen LogP contribution < -0.4 is 0 Å². The number of hydrogen-bond acceptors (Lipinski definition) is 1. The normalized spacial score (nSPS) is 17.3. The number of para-hydroxylation sites is 1. The van der Waals surface area contributed by atoms with Gasteiger partial charge in [0, 0.05) is 16.8 Å². The predicted octanol–water partition coefficient (Wildman–Crippen LogP) is 8.63. The van der Waals surface area contributed by atoms with Gasteiger partial charge in [-0.15, -0.1) is 0 Å². The SMILES string of the molecule is C1=CC2=Cc3c(n4c5cc6c(cc5c5cccc3c54)oc3ccc4ccccc4c36)[N-]C2C=C1. The average Bonchev–Trinajstić information content (AvgIpc) is 3.52. The lowest BCUT2D eigenvalue weighted by atomic mass is 9.95. The van der Waals surface area contributed by atoms with Crippen LogP contribution in [-0.2, 0) is 0 Å². The molecule has 0 saturated heterocycles. The molecule has 0 fully saturated rings. The summed E-state index contributed by atoms with van der Waals surface area (Å²) in [5.41, 5.74) is 6.77. The summed E-state index contributed by atoms with van der Waals surface area (Å²) in [7, 11) is 0. The number of fused-ring (bicyclic) bond motifs is 12. The zero-order valence-electron chi connectivity index (χ0n) is 18.1. The molecule has 4 heterocycles. The van der Waals surface area contributed by atoms with Crippen molar-refractivity contribution in [1.29, 1.82) is 0 Å².